The molecule has 6 nitrogen and oxygen atoms in total. The molecule has 156 valence electrons. The van der Waals surface area contributed by atoms with Crippen LogP contribution in [0.2, 0.25) is 0 Å². The number of aromatic amines is 1. The molecule has 5 rings (SSSR count). The Morgan fingerprint density at radius 1 is 1.27 bits per heavy atom. The molecule has 0 spiro atoms. The standard InChI is InChI=1S/C24H30N6/c1-14-7-5-9-18-20(14)26-22-21(18)28-30-23(27-22)29-25-13-17-12-19-16(11-15(17)2)8-6-10-24(19,3)4/h5,7-9,13,15,17,19H,6,10-12H2,1-4H3,(H2,26,27,29,30)/b25-13+/t15-,17-,19-/m0/s1. The first-order valence-corrected chi connectivity index (χ1v) is 11.0. The van der Waals surface area contributed by atoms with Gasteiger partial charge in [0.2, 0.25) is 0 Å². The predicted octanol–water partition coefficient (Wildman–Crippen LogP) is 5.62. The predicted molar refractivity (Wildman–Crippen MR) is 123 cm³/mol. The number of nitrogens with zero attached hydrogens (tertiary/aromatic N) is 4. The summed E-state index contributed by atoms with van der Waals surface area (Å²) in [7, 11) is 0. The SMILES string of the molecule is Cc1cccc2c1[nH]c1nc(N/N=C/[C@@H]3C[C@H]4C(=CCCC4(C)C)C[C@@H]3C)nnc12. The Morgan fingerprint density at radius 3 is 3.00 bits per heavy atom. The highest BCUT2D eigenvalue weighted by atomic mass is 15.4. The molecule has 0 bridgehead atoms. The lowest BCUT2D eigenvalue weighted by Gasteiger charge is -2.46. The minimum Gasteiger partial charge on any atom is -0.337 e. The summed E-state index contributed by atoms with van der Waals surface area (Å²) in [6.45, 7) is 9.26. The zero-order valence-electron chi connectivity index (χ0n) is 18.2. The molecule has 30 heavy (non-hydrogen) atoms. The van der Waals surface area contributed by atoms with Crippen molar-refractivity contribution in [3.63, 3.8) is 0 Å². The van der Waals surface area contributed by atoms with Crippen LogP contribution in [0, 0.1) is 30.1 Å². The Balaban J connectivity index is 1.33. The lowest BCUT2D eigenvalue weighted by molar-refractivity contribution is 0.149. The van der Waals surface area contributed by atoms with E-state index in [1.54, 1.807) is 5.57 Å². The summed E-state index contributed by atoms with van der Waals surface area (Å²) in [5.41, 5.74) is 8.82. The number of para-hydroxylation sites is 1. The monoisotopic (exact) mass is 402 g/mol. The second kappa shape index (κ2) is 7.18. The van der Waals surface area contributed by atoms with Crippen LogP contribution in [0.3, 0.4) is 0 Å². The van der Waals surface area contributed by atoms with Crippen LogP contribution in [0.15, 0.2) is 34.9 Å². The molecular formula is C24H30N6. The Bertz CT molecular complexity index is 1160. The number of hydrogen-bond acceptors (Lipinski definition) is 5. The number of nitrogens with one attached hydrogen (secondary N) is 2. The van der Waals surface area contributed by atoms with Gasteiger partial charge in [0.15, 0.2) is 5.65 Å². The molecule has 0 unspecified atom stereocenters. The third-order valence-electron chi connectivity index (χ3n) is 7.27. The highest BCUT2D eigenvalue weighted by Crippen LogP contribution is 2.50. The van der Waals surface area contributed by atoms with Gasteiger partial charge in [-0.15, -0.1) is 10.2 Å². The summed E-state index contributed by atoms with van der Waals surface area (Å²) in [6, 6.07) is 6.15. The topological polar surface area (TPSA) is 78.9 Å². The van der Waals surface area contributed by atoms with Crippen molar-refractivity contribution in [1.82, 2.24) is 20.2 Å². The van der Waals surface area contributed by atoms with Crippen LogP contribution in [-0.4, -0.2) is 26.4 Å². The van der Waals surface area contributed by atoms with E-state index in [9.17, 15) is 0 Å². The Labute approximate surface area is 177 Å². The van der Waals surface area contributed by atoms with Crippen LogP contribution >= 0.6 is 0 Å². The fourth-order valence-electron chi connectivity index (χ4n) is 5.36. The molecule has 0 aliphatic heterocycles. The Hall–Kier alpha value is -2.76. The Kier molecular flexibility index (Phi) is 4.60. The number of hydrazone groups is 1. The van der Waals surface area contributed by atoms with Gasteiger partial charge in [0, 0.05) is 11.6 Å². The van der Waals surface area contributed by atoms with Crippen LogP contribution in [0.4, 0.5) is 5.95 Å². The first-order chi connectivity index (χ1) is 14.4. The highest BCUT2D eigenvalue weighted by Gasteiger charge is 2.40. The summed E-state index contributed by atoms with van der Waals surface area (Å²) < 4.78 is 0. The number of H-pyrrole nitrogens is 1. The van der Waals surface area contributed by atoms with E-state index < -0.39 is 0 Å². The number of fused-ring (bicyclic) bond motifs is 4. The van der Waals surface area contributed by atoms with E-state index in [0.29, 0.717) is 29.1 Å². The zero-order valence-corrected chi connectivity index (χ0v) is 18.2. The molecule has 2 N–H and O–H groups in total. The van der Waals surface area contributed by atoms with E-state index in [1.165, 1.54) is 31.2 Å². The fraction of sp³-hybridized carbons (Fsp3) is 0.500. The van der Waals surface area contributed by atoms with Crippen molar-refractivity contribution in [1.29, 1.82) is 0 Å². The minimum atomic E-state index is 0.384. The zero-order chi connectivity index (χ0) is 20.9. The fourth-order valence-corrected chi connectivity index (χ4v) is 5.36. The van der Waals surface area contributed by atoms with E-state index in [4.69, 9.17) is 0 Å². The average Bonchev–Trinajstić information content (AvgIpc) is 3.08. The summed E-state index contributed by atoms with van der Waals surface area (Å²) >= 11 is 0. The maximum Gasteiger partial charge on any atom is 0.265 e. The van der Waals surface area contributed by atoms with Gasteiger partial charge in [0.1, 0.15) is 5.52 Å². The number of rotatable bonds is 3. The number of allylic oxidation sites excluding steroid dienone is 2. The van der Waals surface area contributed by atoms with Gasteiger partial charge >= 0.3 is 0 Å². The van der Waals surface area contributed by atoms with Gasteiger partial charge in [-0.3, -0.25) is 0 Å². The molecule has 1 fully saturated rings. The maximum atomic E-state index is 4.58. The molecule has 6 heteroatoms. The molecular weight excluding hydrogens is 372 g/mol. The molecule has 1 aromatic carbocycles. The quantitative estimate of drug-likeness (QED) is 0.338. The summed E-state index contributed by atoms with van der Waals surface area (Å²) in [5.74, 6) is 2.15. The van der Waals surface area contributed by atoms with Crippen molar-refractivity contribution >= 4 is 34.2 Å². The summed E-state index contributed by atoms with van der Waals surface area (Å²) in [5, 5.41) is 14.2. The number of hydrogen-bond donors (Lipinski definition) is 2. The van der Waals surface area contributed by atoms with Gasteiger partial charge in [0.25, 0.3) is 5.95 Å². The van der Waals surface area contributed by atoms with Crippen molar-refractivity contribution in [3.8, 4) is 0 Å². The van der Waals surface area contributed by atoms with Gasteiger partial charge in [0.05, 0.1) is 5.52 Å². The first kappa shape index (κ1) is 19.2. The van der Waals surface area contributed by atoms with E-state index in [2.05, 4.69) is 76.7 Å². The highest BCUT2D eigenvalue weighted by molar-refractivity contribution is 6.04. The van der Waals surface area contributed by atoms with Gasteiger partial charge in [-0.1, -0.05) is 50.6 Å². The van der Waals surface area contributed by atoms with Crippen LogP contribution in [-0.2, 0) is 0 Å². The van der Waals surface area contributed by atoms with Crippen LogP contribution in [0.5, 0.6) is 0 Å². The molecule has 2 heterocycles. The van der Waals surface area contributed by atoms with Gasteiger partial charge in [-0.05, 0) is 61.3 Å². The molecule has 0 amide bonds. The van der Waals surface area contributed by atoms with Crippen LogP contribution in [0.1, 0.15) is 52.0 Å². The lowest BCUT2D eigenvalue weighted by Crippen LogP contribution is -2.36. The van der Waals surface area contributed by atoms with Crippen molar-refractivity contribution < 1.29 is 0 Å². The second-order valence-corrected chi connectivity index (χ2v) is 9.78. The largest absolute Gasteiger partial charge is 0.337 e. The summed E-state index contributed by atoms with van der Waals surface area (Å²) in [4.78, 5) is 7.94. The number of benzene rings is 1. The molecule has 0 saturated heterocycles. The average molecular weight is 403 g/mol. The molecule has 3 atom stereocenters. The molecule has 2 aliphatic carbocycles. The van der Waals surface area contributed by atoms with Gasteiger partial charge < -0.3 is 4.98 Å². The summed E-state index contributed by atoms with van der Waals surface area (Å²) in [6.07, 6.45) is 9.42. The third-order valence-corrected chi connectivity index (χ3v) is 7.27. The molecule has 2 aromatic heterocycles. The van der Waals surface area contributed by atoms with Crippen molar-refractivity contribution in [2.75, 3.05) is 5.43 Å². The number of aryl methyl sites for hydroxylation is 1. The molecule has 0 radical (unpaired) electrons. The van der Waals surface area contributed by atoms with Gasteiger partial charge in [-0.25, -0.2) is 5.43 Å². The van der Waals surface area contributed by atoms with Gasteiger partial charge in [-0.2, -0.15) is 10.1 Å². The van der Waals surface area contributed by atoms with Crippen LogP contribution < -0.4 is 5.43 Å². The van der Waals surface area contributed by atoms with E-state index >= 15 is 0 Å². The second-order valence-electron chi connectivity index (χ2n) is 9.78. The first-order valence-electron chi connectivity index (χ1n) is 11.0. The van der Waals surface area contributed by atoms with E-state index in [1.807, 2.05) is 12.1 Å². The maximum absolute atomic E-state index is 4.58. The van der Waals surface area contributed by atoms with Crippen molar-refractivity contribution in [3.05, 3.63) is 35.4 Å². The molecule has 1 saturated carbocycles. The smallest absolute Gasteiger partial charge is 0.265 e. The number of aromatic nitrogens is 4. The third kappa shape index (κ3) is 3.28. The van der Waals surface area contributed by atoms with E-state index in [-0.39, 0.29) is 0 Å². The Morgan fingerprint density at radius 2 is 2.13 bits per heavy atom. The lowest BCUT2D eigenvalue weighted by atomic mass is 9.59. The minimum absolute atomic E-state index is 0.384. The van der Waals surface area contributed by atoms with Crippen LogP contribution in [0.25, 0.3) is 22.1 Å². The van der Waals surface area contributed by atoms with Crippen molar-refractivity contribution in [2.45, 2.75) is 53.4 Å². The van der Waals surface area contributed by atoms with E-state index in [0.717, 1.165) is 22.1 Å². The molecule has 2 aliphatic rings. The number of anilines is 1. The molecule has 3 aromatic rings. The normalized spacial score (nSPS) is 26.1. The van der Waals surface area contributed by atoms with Crippen molar-refractivity contribution in [2.24, 2.45) is 28.3 Å².